The summed E-state index contributed by atoms with van der Waals surface area (Å²) in [5.41, 5.74) is 28.7. The van der Waals surface area contributed by atoms with E-state index in [-0.39, 0.29) is 0 Å². The highest BCUT2D eigenvalue weighted by Gasteiger charge is 2.52. The van der Waals surface area contributed by atoms with Crippen LogP contribution in [0.4, 0.5) is 34.1 Å². The van der Waals surface area contributed by atoms with Crippen molar-refractivity contribution >= 4 is 34.1 Å². The number of anilines is 6. The molecular formula is C75H54N2. The van der Waals surface area contributed by atoms with Gasteiger partial charge >= 0.3 is 0 Å². The number of fused-ring (bicyclic) bond motifs is 10. The molecule has 0 saturated carbocycles. The average Bonchev–Trinajstić information content (AvgIpc) is 4.16. The van der Waals surface area contributed by atoms with E-state index in [1.165, 1.54) is 89.0 Å². The molecule has 0 amide bonds. The number of nitrogens with zero attached hydrogens (tertiary/aromatic N) is 2. The van der Waals surface area contributed by atoms with Crippen LogP contribution in [-0.4, -0.2) is 0 Å². The lowest BCUT2D eigenvalue weighted by Crippen LogP contribution is -2.26. The van der Waals surface area contributed by atoms with Gasteiger partial charge in [-0.1, -0.05) is 223 Å². The maximum Gasteiger partial charge on any atom is 0.0726 e. The van der Waals surface area contributed by atoms with Gasteiger partial charge in [0.25, 0.3) is 0 Å². The second kappa shape index (κ2) is 18.9. The molecule has 0 fully saturated rings. The van der Waals surface area contributed by atoms with E-state index in [0.717, 1.165) is 45.3 Å². The molecule has 0 aliphatic heterocycles. The largest absolute Gasteiger partial charge is 0.311 e. The van der Waals surface area contributed by atoms with Gasteiger partial charge in [0, 0.05) is 34.0 Å². The van der Waals surface area contributed by atoms with Crippen molar-refractivity contribution in [2.75, 3.05) is 9.80 Å². The summed E-state index contributed by atoms with van der Waals surface area (Å²) in [6.45, 7) is 4.46. The molecule has 364 valence electrons. The fourth-order valence-electron chi connectivity index (χ4n) is 12.6. The van der Waals surface area contributed by atoms with E-state index in [2.05, 4.69) is 315 Å². The Hall–Kier alpha value is -9.76. The Morgan fingerprint density at radius 1 is 0.234 bits per heavy atom. The van der Waals surface area contributed by atoms with E-state index >= 15 is 0 Å². The Bertz CT molecular complexity index is 4040. The van der Waals surface area contributed by atoms with Crippen molar-refractivity contribution in [3.8, 4) is 66.8 Å². The van der Waals surface area contributed by atoms with Crippen molar-refractivity contribution in [2.45, 2.75) is 19.3 Å². The van der Waals surface area contributed by atoms with E-state index in [0.29, 0.717) is 0 Å². The topological polar surface area (TPSA) is 6.48 Å². The molecule has 0 bridgehead atoms. The highest BCUT2D eigenvalue weighted by atomic mass is 15.1. The molecule has 1 spiro atoms. The lowest BCUT2D eigenvalue weighted by atomic mass is 9.70. The third-order valence-corrected chi connectivity index (χ3v) is 16.0. The first-order chi connectivity index (χ1) is 38.0. The van der Waals surface area contributed by atoms with Gasteiger partial charge in [-0.15, -0.1) is 0 Å². The van der Waals surface area contributed by atoms with E-state index in [1.54, 1.807) is 0 Å². The van der Waals surface area contributed by atoms with Gasteiger partial charge in [-0.2, -0.15) is 0 Å². The zero-order valence-corrected chi connectivity index (χ0v) is 43.1. The first-order valence-corrected chi connectivity index (χ1v) is 26.7. The van der Waals surface area contributed by atoms with Crippen LogP contribution >= 0.6 is 0 Å². The summed E-state index contributed by atoms with van der Waals surface area (Å²) in [5.74, 6) is 0. The summed E-state index contributed by atoms with van der Waals surface area (Å²) in [7, 11) is 0. The Labute approximate surface area is 452 Å². The number of rotatable bonds is 10. The van der Waals surface area contributed by atoms with E-state index in [9.17, 15) is 0 Å². The molecule has 14 rings (SSSR count). The lowest BCUT2D eigenvalue weighted by molar-refractivity contribution is 0.791. The number of aryl methyl sites for hydroxylation is 2. The van der Waals surface area contributed by atoms with Crippen molar-refractivity contribution in [1.82, 2.24) is 0 Å². The lowest BCUT2D eigenvalue weighted by Gasteiger charge is -2.32. The number of para-hydroxylation sites is 3. The van der Waals surface area contributed by atoms with Crippen molar-refractivity contribution in [3.63, 3.8) is 0 Å². The van der Waals surface area contributed by atoms with Crippen LogP contribution in [0.3, 0.4) is 0 Å². The highest BCUT2D eigenvalue weighted by molar-refractivity contribution is 6.02. The normalized spacial score (nSPS) is 12.4. The fraction of sp³-hybridized carbons (Fsp3) is 0.0400. The third-order valence-electron chi connectivity index (χ3n) is 16.0. The van der Waals surface area contributed by atoms with Crippen LogP contribution in [-0.2, 0) is 5.41 Å². The van der Waals surface area contributed by atoms with Gasteiger partial charge in [0.05, 0.1) is 11.1 Å². The molecule has 0 saturated heterocycles. The van der Waals surface area contributed by atoms with E-state index in [1.807, 2.05) is 0 Å². The van der Waals surface area contributed by atoms with Gasteiger partial charge in [-0.25, -0.2) is 0 Å². The minimum Gasteiger partial charge on any atom is -0.311 e. The molecule has 2 nitrogen and oxygen atoms in total. The van der Waals surface area contributed by atoms with E-state index < -0.39 is 5.41 Å². The molecule has 77 heavy (non-hydrogen) atoms. The zero-order valence-electron chi connectivity index (χ0n) is 43.1. The molecule has 0 aromatic heterocycles. The molecule has 0 N–H and O–H groups in total. The van der Waals surface area contributed by atoms with Crippen molar-refractivity contribution in [2.24, 2.45) is 0 Å². The molecular weight excluding hydrogens is 929 g/mol. The van der Waals surface area contributed by atoms with Gasteiger partial charge in [-0.05, 0) is 176 Å². The van der Waals surface area contributed by atoms with Gasteiger partial charge in [0.2, 0.25) is 0 Å². The van der Waals surface area contributed by atoms with Gasteiger partial charge in [-0.3, -0.25) is 0 Å². The van der Waals surface area contributed by atoms with Gasteiger partial charge in [0.15, 0.2) is 0 Å². The minimum atomic E-state index is -0.458. The minimum absolute atomic E-state index is 0.458. The van der Waals surface area contributed by atoms with Crippen LogP contribution in [0.25, 0.3) is 66.8 Å². The molecule has 2 aliphatic rings. The molecule has 0 unspecified atom stereocenters. The molecule has 0 atom stereocenters. The first kappa shape index (κ1) is 45.8. The maximum atomic E-state index is 2.47. The van der Waals surface area contributed by atoms with Crippen LogP contribution in [0.2, 0.25) is 0 Å². The summed E-state index contributed by atoms with van der Waals surface area (Å²) in [5, 5.41) is 0. The summed E-state index contributed by atoms with van der Waals surface area (Å²) in [6.07, 6.45) is 0. The SMILES string of the molecule is Cc1ccc2c(c1)C1(c3cc(C)ccc3-2)c2ccccc2-c2c(N(c3ccccc3)c3ccc(-c4cc(-c5ccccc5)c(-c5ccc(N(c6ccccc6)c6ccccc6)cc5)cc4-c4ccccc4)cc3)cccc21. The van der Waals surface area contributed by atoms with Crippen LogP contribution in [0, 0.1) is 13.8 Å². The molecule has 2 heteroatoms. The second-order valence-electron chi connectivity index (χ2n) is 20.5. The van der Waals surface area contributed by atoms with E-state index in [4.69, 9.17) is 0 Å². The quantitative estimate of drug-likeness (QED) is 0.135. The smallest absolute Gasteiger partial charge is 0.0726 e. The Morgan fingerprint density at radius 3 is 1.06 bits per heavy atom. The molecule has 12 aromatic rings. The number of benzene rings is 12. The summed E-state index contributed by atoms with van der Waals surface area (Å²) < 4.78 is 0. The predicted molar refractivity (Wildman–Crippen MR) is 323 cm³/mol. The van der Waals surface area contributed by atoms with Crippen molar-refractivity contribution in [1.29, 1.82) is 0 Å². The molecule has 0 heterocycles. The maximum absolute atomic E-state index is 2.47. The second-order valence-corrected chi connectivity index (χ2v) is 20.5. The van der Waals surface area contributed by atoms with Gasteiger partial charge < -0.3 is 9.80 Å². The van der Waals surface area contributed by atoms with Crippen LogP contribution in [0.1, 0.15) is 33.4 Å². The van der Waals surface area contributed by atoms with Crippen LogP contribution < -0.4 is 9.80 Å². The Morgan fingerprint density at radius 2 is 0.597 bits per heavy atom. The summed E-state index contributed by atoms with van der Waals surface area (Å²) in [4.78, 5) is 4.79. The van der Waals surface area contributed by atoms with Crippen LogP contribution in [0.15, 0.2) is 291 Å². The predicted octanol–water partition coefficient (Wildman–Crippen LogP) is 20.3. The monoisotopic (exact) mass is 982 g/mol. The van der Waals surface area contributed by atoms with Gasteiger partial charge in [0.1, 0.15) is 0 Å². The molecule has 12 aromatic carbocycles. The molecule has 2 aliphatic carbocycles. The molecule has 0 radical (unpaired) electrons. The van der Waals surface area contributed by atoms with Crippen molar-refractivity contribution < 1.29 is 0 Å². The Kier molecular flexibility index (Phi) is 11.2. The summed E-state index contributed by atoms with van der Waals surface area (Å²) >= 11 is 0. The van der Waals surface area contributed by atoms with Crippen LogP contribution in [0.5, 0.6) is 0 Å². The summed E-state index contributed by atoms with van der Waals surface area (Å²) in [6, 6.07) is 107. The highest BCUT2D eigenvalue weighted by Crippen LogP contribution is 2.65. The standard InChI is InChI=1S/C75H54N2/c1-51-35-45-62-63-46-36-52(2)48-72(63)75(71(62)47-51)69-32-19-18-31-64(69)74-70(75)33-20-34-73(74)77(59-29-16-7-17-30-59)61-43-39-56(40-44-61)68-50-65(53-21-8-3-9-22-53)67(49-66(68)54-23-10-4-11-24-54)55-37-41-60(42-38-55)76(57-25-12-5-13-26-57)58-27-14-6-15-28-58/h3-50H,1-2H3. The first-order valence-electron chi connectivity index (χ1n) is 26.7. The zero-order chi connectivity index (χ0) is 51.5. The average molecular weight is 983 g/mol. The number of hydrogen-bond donors (Lipinski definition) is 0. The Balaban J connectivity index is 0.922. The van der Waals surface area contributed by atoms with Crippen molar-refractivity contribution in [3.05, 3.63) is 325 Å². The third kappa shape index (κ3) is 7.63. The number of hydrogen-bond acceptors (Lipinski definition) is 2. The fourth-order valence-corrected chi connectivity index (χ4v) is 12.6.